The van der Waals surface area contributed by atoms with E-state index in [1.807, 2.05) is 17.7 Å². The zero-order chi connectivity index (χ0) is 19.5. The Morgan fingerprint density at radius 1 is 0.964 bits per heavy atom. The fourth-order valence-electron chi connectivity index (χ4n) is 3.26. The molecule has 142 valence electrons. The highest BCUT2D eigenvalue weighted by Gasteiger charge is 2.11. The molecule has 0 N–H and O–H groups in total. The zero-order valence-corrected chi connectivity index (χ0v) is 17.2. The van der Waals surface area contributed by atoms with Gasteiger partial charge in [0.05, 0.1) is 0 Å². The van der Waals surface area contributed by atoms with E-state index < -0.39 is 0 Å². The lowest BCUT2D eigenvalue weighted by molar-refractivity contribution is 0.288. The van der Waals surface area contributed by atoms with Crippen LogP contribution in [0.5, 0.6) is 5.75 Å². The van der Waals surface area contributed by atoms with Gasteiger partial charge in [0, 0.05) is 12.8 Å². The number of rotatable bonds is 6. The molecule has 0 radical (unpaired) electrons. The maximum atomic E-state index is 5.96. The predicted octanol–water partition coefficient (Wildman–Crippen LogP) is 5.46. The molecule has 1 heterocycles. The molecule has 4 aromatic rings. The summed E-state index contributed by atoms with van der Waals surface area (Å²) >= 11 is 1.70. The van der Waals surface area contributed by atoms with Gasteiger partial charge in [0.1, 0.15) is 12.4 Å². The molecule has 0 atom stereocenters. The minimum Gasteiger partial charge on any atom is -0.485 e. The number of hydrogen-bond acceptors (Lipinski definition) is 4. The Morgan fingerprint density at radius 2 is 1.79 bits per heavy atom. The van der Waals surface area contributed by atoms with Gasteiger partial charge in [-0.05, 0) is 41.8 Å². The molecule has 28 heavy (non-hydrogen) atoms. The second kappa shape index (κ2) is 8.07. The fourth-order valence-corrected chi connectivity index (χ4v) is 4.19. The van der Waals surface area contributed by atoms with Crippen LogP contribution in [0, 0.1) is 13.8 Å². The second-order valence-electron chi connectivity index (χ2n) is 6.94. The molecule has 0 aliphatic carbocycles. The first kappa shape index (κ1) is 18.6. The van der Waals surface area contributed by atoms with Crippen molar-refractivity contribution in [1.29, 1.82) is 0 Å². The van der Waals surface area contributed by atoms with Crippen LogP contribution in [-0.4, -0.2) is 14.8 Å². The van der Waals surface area contributed by atoms with Crippen molar-refractivity contribution in [2.45, 2.75) is 31.4 Å². The summed E-state index contributed by atoms with van der Waals surface area (Å²) in [6, 6.07) is 21.1. The number of thioether (sulfide) groups is 1. The maximum absolute atomic E-state index is 5.96. The van der Waals surface area contributed by atoms with Gasteiger partial charge in [0.25, 0.3) is 0 Å². The maximum Gasteiger partial charge on any atom is 0.191 e. The van der Waals surface area contributed by atoms with Crippen LogP contribution in [0.25, 0.3) is 10.8 Å². The van der Waals surface area contributed by atoms with E-state index in [9.17, 15) is 0 Å². The third-order valence-electron chi connectivity index (χ3n) is 4.85. The van der Waals surface area contributed by atoms with Crippen molar-refractivity contribution >= 4 is 22.5 Å². The van der Waals surface area contributed by atoms with E-state index in [1.165, 1.54) is 21.9 Å². The average Bonchev–Trinajstić information content (AvgIpc) is 3.05. The molecule has 1 aromatic heterocycles. The Bertz CT molecular complexity index is 1110. The van der Waals surface area contributed by atoms with E-state index in [-0.39, 0.29) is 0 Å². The molecule has 0 bridgehead atoms. The standard InChI is InChI=1S/C23H23N3OS/c1-16-11-12-21(17(2)13-16)27-14-22-24-25-23(26(22)3)28-15-19-9-6-8-18-7-4-5-10-20(18)19/h4-13H,14-15H2,1-3H3. The Kier molecular flexibility index (Phi) is 5.35. The molecule has 5 heteroatoms. The fraction of sp³-hybridized carbons (Fsp3) is 0.217. The van der Waals surface area contributed by atoms with Gasteiger partial charge < -0.3 is 9.30 Å². The van der Waals surface area contributed by atoms with Gasteiger partial charge >= 0.3 is 0 Å². The Hall–Kier alpha value is -2.79. The molecule has 0 amide bonds. The van der Waals surface area contributed by atoms with Gasteiger partial charge in [-0.1, -0.05) is 71.9 Å². The summed E-state index contributed by atoms with van der Waals surface area (Å²) in [6.07, 6.45) is 0. The first-order valence-corrected chi connectivity index (χ1v) is 10.3. The lowest BCUT2D eigenvalue weighted by atomic mass is 10.1. The average molecular weight is 390 g/mol. The van der Waals surface area contributed by atoms with E-state index in [1.54, 1.807) is 11.8 Å². The third-order valence-corrected chi connectivity index (χ3v) is 5.92. The first-order chi connectivity index (χ1) is 13.6. The van der Waals surface area contributed by atoms with E-state index in [2.05, 4.69) is 78.6 Å². The molecule has 4 nitrogen and oxygen atoms in total. The molecular weight excluding hydrogens is 366 g/mol. The van der Waals surface area contributed by atoms with Crippen LogP contribution in [0.4, 0.5) is 0 Å². The van der Waals surface area contributed by atoms with Gasteiger partial charge in [-0.25, -0.2) is 0 Å². The topological polar surface area (TPSA) is 39.9 Å². The molecule has 3 aromatic carbocycles. The van der Waals surface area contributed by atoms with Crippen LogP contribution in [0.1, 0.15) is 22.5 Å². The minimum absolute atomic E-state index is 0.405. The predicted molar refractivity (Wildman–Crippen MR) is 115 cm³/mol. The second-order valence-corrected chi connectivity index (χ2v) is 7.88. The Labute approximate surface area is 169 Å². The van der Waals surface area contributed by atoms with Crippen LogP contribution in [0.3, 0.4) is 0 Å². The summed E-state index contributed by atoms with van der Waals surface area (Å²) in [5.41, 5.74) is 3.67. The van der Waals surface area contributed by atoms with E-state index in [0.29, 0.717) is 6.61 Å². The van der Waals surface area contributed by atoms with Gasteiger partial charge in [-0.15, -0.1) is 10.2 Å². The van der Waals surface area contributed by atoms with Crippen LogP contribution in [0.15, 0.2) is 65.8 Å². The molecule has 0 spiro atoms. The summed E-state index contributed by atoms with van der Waals surface area (Å²) in [5, 5.41) is 12.1. The SMILES string of the molecule is Cc1ccc(OCc2nnc(SCc3cccc4ccccc34)n2C)c(C)c1. The van der Waals surface area contributed by atoms with Crippen LogP contribution in [0.2, 0.25) is 0 Å². The number of aryl methyl sites for hydroxylation is 2. The summed E-state index contributed by atoms with van der Waals surface area (Å²) in [5.74, 6) is 2.56. The number of ether oxygens (including phenoxy) is 1. The normalized spacial score (nSPS) is 11.1. The molecule has 0 aliphatic rings. The molecule has 0 aliphatic heterocycles. The van der Waals surface area contributed by atoms with Crippen molar-refractivity contribution in [3.8, 4) is 5.75 Å². The summed E-state index contributed by atoms with van der Waals surface area (Å²) in [6.45, 7) is 4.55. The van der Waals surface area contributed by atoms with Crippen molar-refractivity contribution in [2.75, 3.05) is 0 Å². The van der Waals surface area contributed by atoms with E-state index >= 15 is 0 Å². The van der Waals surface area contributed by atoms with Crippen LogP contribution in [-0.2, 0) is 19.4 Å². The van der Waals surface area contributed by atoms with Crippen molar-refractivity contribution in [1.82, 2.24) is 14.8 Å². The number of aromatic nitrogens is 3. The van der Waals surface area contributed by atoms with Crippen LogP contribution >= 0.6 is 11.8 Å². The molecular formula is C23H23N3OS. The van der Waals surface area contributed by atoms with Crippen molar-refractivity contribution in [2.24, 2.45) is 7.05 Å². The number of fused-ring (bicyclic) bond motifs is 1. The molecule has 0 unspecified atom stereocenters. The highest BCUT2D eigenvalue weighted by molar-refractivity contribution is 7.98. The Balaban J connectivity index is 1.45. The van der Waals surface area contributed by atoms with Gasteiger partial charge in [-0.2, -0.15) is 0 Å². The number of hydrogen-bond donors (Lipinski definition) is 0. The summed E-state index contributed by atoms with van der Waals surface area (Å²) in [7, 11) is 1.99. The van der Waals surface area contributed by atoms with Crippen molar-refractivity contribution < 1.29 is 4.74 Å². The largest absolute Gasteiger partial charge is 0.485 e. The zero-order valence-electron chi connectivity index (χ0n) is 16.3. The molecule has 4 rings (SSSR count). The molecule has 0 fully saturated rings. The van der Waals surface area contributed by atoms with Crippen molar-refractivity contribution in [3.05, 3.63) is 83.2 Å². The summed E-state index contributed by atoms with van der Waals surface area (Å²) in [4.78, 5) is 0. The van der Waals surface area contributed by atoms with E-state index in [0.717, 1.165) is 28.0 Å². The highest BCUT2D eigenvalue weighted by atomic mass is 32.2. The quantitative estimate of drug-likeness (QED) is 0.411. The van der Waals surface area contributed by atoms with Gasteiger partial charge in [-0.3, -0.25) is 0 Å². The Morgan fingerprint density at radius 3 is 2.64 bits per heavy atom. The van der Waals surface area contributed by atoms with Crippen LogP contribution < -0.4 is 4.74 Å². The third kappa shape index (κ3) is 3.90. The lowest BCUT2D eigenvalue weighted by Crippen LogP contribution is -2.05. The number of benzene rings is 3. The summed E-state index contributed by atoms with van der Waals surface area (Å²) < 4.78 is 7.97. The first-order valence-electron chi connectivity index (χ1n) is 9.29. The smallest absolute Gasteiger partial charge is 0.191 e. The minimum atomic E-state index is 0.405. The number of nitrogens with zero attached hydrogens (tertiary/aromatic N) is 3. The van der Waals surface area contributed by atoms with Crippen molar-refractivity contribution in [3.63, 3.8) is 0 Å². The lowest BCUT2D eigenvalue weighted by Gasteiger charge is -2.10. The van der Waals surface area contributed by atoms with Gasteiger partial charge in [0.2, 0.25) is 0 Å². The molecule has 0 saturated heterocycles. The van der Waals surface area contributed by atoms with E-state index in [4.69, 9.17) is 4.74 Å². The van der Waals surface area contributed by atoms with Gasteiger partial charge in [0.15, 0.2) is 11.0 Å². The highest BCUT2D eigenvalue weighted by Crippen LogP contribution is 2.27. The molecule has 0 saturated carbocycles. The monoisotopic (exact) mass is 389 g/mol.